The quantitative estimate of drug-likeness (QED) is 0.586. The van der Waals surface area contributed by atoms with Crippen LogP contribution in [0.2, 0.25) is 0 Å². The summed E-state index contributed by atoms with van der Waals surface area (Å²) in [5.74, 6) is -1.17. The van der Waals surface area contributed by atoms with Crippen molar-refractivity contribution in [1.82, 2.24) is 4.72 Å². The van der Waals surface area contributed by atoms with Crippen molar-refractivity contribution < 1.29 is 26.4 Å². The van der Waals surface area contributed by atoms with Crippen LogP contribution in [0.5, 0.6) is 0 Å². The van der Waals surface area contributed by atoms with Gasteiger partial charge in [-0.25, -0.2) is 4.72 Å². The number of hydrogen-bond acceptors (Lipinski definition) is 3. The zero-order valence-electron chi connectivity index (χ0n) is 7.67. The maximum Gasteiger partial charge on any atom is 0.516 e. The normalized spacial score (nSPS) is 12.2. The summed E-state index contributed by atoms with van der Waals surface area (Å²) in [7, 11) is -5.56. The molecule has 0 atom stereocenters. The lowest BCUT2D eigenvalue weighted by atomic mass is 10.2. The minimum atomic E-state index is -5.56. The van der Waals surface area contributed by atoms with Gasteiger partial charge in [-0.3, -0.25) is 4.79 Å². The van der Waals surface area contributed by atoms with Gasteiger partial charge in [0.2, 0.25) is 5.91 Å². The van der Waals surface area contributed by atoms with Crippen LogP contribution in [0.4, 0.5) is 13.2 Å². The molecule has 0 unspecified atom stereocenters. The number of unbranched alkanes of at least 4 members (excludes halogenated alkanes) is 1. The lowest BCUT2D eigenvalue weighted by molar-refractivity contribution is -0.120. The van der Waals surface area contributed by atoms with Gasteiger partial charge in [0.25, 0.3) is 0 Å². The predicted octanol–water partition coefficient (Wildman–Crippen LogP) is 1.31. The van der Waals surface area contributed by atoms with Crippen LogP contribution in [-0.4, -0.2) is 19.8 Å². The summed E-state index contributed by atoms with van der Waals surface area (Å²) in [6.45, 7) is 3.34. The maximum atomic E-state index is 11.8. The summed E-state index contributed by atoms with van der Waals surface area (Å²) >= 11 is 0. The Labute approximate surface area is 85.2 Å². The molecule has 1 amide bonds. The van der Waals surface area contributed by atoms with Crippen molar-refractivity contribution in [3.63, 3.8) is 0 Å². The third-order valence-corrected chi connectivity index (χ3v) is 2.47. The van der Waals surface area contributed by atoms with Gasteiger partial charge in [-0.05, 0) is 12.8 Å². The molecule has 0 aliphatic carbocycles. The van der Waals surface area contributed by atoms with Crippen LogP contribution < -0.4 is 4.72 Å². The van der Waals surface area contributed by atoms with Crippen LogP contribution in [0.3, 0.4) is 0 Å². The SMILES string of the molecule is C=CCCCC(=O)NS(=O)(=O)C(F)(F)F. The second-order valence-electron chi connectivity index (χ2n) is 2.66. The Balaban J connectivity index is 4.24. The highest BCUT2D eigenvalue weighted by molar-refractivity contribution is 7.90. The molecule has 0 saturated carbocycles. The van der Waals surface area contributed by atoms with Gasteiger partial charge in [-0.1, -0.05) is 6.08 Å². The van der Waals surface area contributed by atoms with E-state index in [4.69, 9.17) is 0 Å². The maximum absolute atomic E-state index is 11.8. The Kier molecular flexibility index (Phi) is 4.79. The van der Waals surface area contributed by atoms with E-state index < -0.39 is 21.4 Å². The minimum absolute atomic E-state index is 0.253. The second-order valence-corrected chi connectivity index (χ2v) is 4.33. The molecule has 0 spiro atoms. The molecule has 0 aliphatic heterocycles. The van der Waals surface area contributed by atoms with E-state index in [9.17, 15) is 26.4 Å². The Morgan fingerprint density at radius 3 is 2.33 bits per heavy atom. The van der Waals surface area contributed by atoms with Gasteiger partial charge in [-0.2, -0.15) is 21.6 Å². The van der Waals surface area contributed by atoms with E-state index in [0.29, 0.717) is 6.42 Å². The molecule has 8 heteroatoms. The third-order valence-electron chi connectivity index (χ3n) is 1.36. The molecule has 0 heterocycles. The number of amides is 1. The fourth-order valence-electron chi connectivity index (χ4n) is 0.666. The summed E-state index contributed by atoms with van der Waals surface area (Å²) in [6, 6.07) is 0. The topological polar surface area (TPSA) is 63.2 Å². The van der Waals surface area contributed by atoms with E-state index in [1.54, 1.807) is 0 Å². The van der Waals surface area contributed by atoms with Crippen molar-refractivity contribution in [3.8, 4) is 0 Å². The van der Waals surface area contributed by atoms with Gasteiger partial charge in [0, 0.05) is 6.42 Å². The van der Waals surface area contributed by atoms with Gasteiger partial charge in [0.05, 0.1) is 0 Å². The molecule has 1 N–H and O–H groups in total. The van der Waals surface area contributed by atoms with E-state index in [0.717, 1.165) is 4.72 Å². The first-order valence-corrected chi connectivity index (χ1v) is 5.42. The zero-order valence-corrected chi connectivity index (χ0v) is 8.49. The molecule has 0 fully saturated rings. The fourth-order valence-corrected chi connectivity index (χ4v) is 1.18. The highest BCUT2D eigenvalue weighted by atomic mass is 32.2. The molecule has 0 saturated heterocycles. The largest absolute Gasteiger partial charge is 0.516 e. The molecule has 4 nitrogen and oxygen atoms in total. The molecular weight excluding hydrogens is 235 g/mol. The summed E-state index contributed by atoms with van der Waals surface area (Å²) in [5.41, 5.74) is -5.46. The third kappa shape index (κ3) is 4.82. The van der Waals surface area contributed by atoms with Crippen LogP contribution in [0.15, 0.2) is 12.7 Å². The van der Waals surface area contributed by atoms with Crippen molar-refractivity contribution in [3.05, 3.63) is 12.7 Å². The number of rotatable bonds is 5. The summed E-state index contributed by atoms with van der Waals surface area (Å²) in [5, 5.41) is 0. The van der Waals surface area contributed by atoms with Crippen LogP contribution >= 0.6 is 0 Å². The van der Waals surface area contributed by atoms with E-state index in [-0.39, 0.29) is 12.8 Å². The summed E-state index contributed by atoms with van der Waals surface area (Å²) in [6.07, 6.45) is 1.87. The molecule has 88 valence electrons. The number of allylic oxidation sites excluding steroid dienone is 1. The average Bonchev–Trinajstić information content (AvgIpc) is 2.01. The van der Waals surface area contributed by atoms with Crippen molar-refractivity contribution in [2.24, 2.45) is 0 Å². The minimum Gasteiger partial charge on any atom is -0.274 e. The molecule has 0 aromatic carbocycles. The lowest BCUT2D eigenvalue weighted by Crippen LogP contribution is -2.40. The summed E-state index contributed by atoms with van der Waals surface area (Å²) < 4.78 is 57.1. The first kappa shape index (κ1) is 13.9. The number of halogens is 3. The molecule has 15 heavy (non-hydrogen) atoms. The number of alkyl halides is 3. The lowest BCUT2D eigenvalue weighted by Gasteiger charge is -2.08. The number of hydrogen-bond donors (Lipinski definition) is 1. The van der Waals surface area contributed by atoms with Crippen LogP contribution in [0.1, 0.15) is 19.3 Å². The molecule has 0 bridgehead atoms. The van der Waals surface area contributed by atoms with E-state index >= 15 is 0 Å². The van der Waals surface area contributed by atoms with Crippen molar-refractivity contribution in [2.75, 3.05) is 0 Å². The standard InChI is InChI=1S/C7H10F3NO3S/c1-2-3-4-5-6(12)11-15(13,14)7(8,9)10/h2H,1,3-5H2,(H,11,12). The van der Waals surface area contributed by atoms with E-state index in [1.165, 1.54) is 6.08 Å². The van der Waals surface area contributed by atoms with Gasteiger partial charge >= 0.3 is 15.5 Å². The van der Waals surface area contributed by atoms with Crippen LogP contribution in [0.25, 0.3) is 0 Å². The van der Waals surface area contributed by atoms with Crippen molar-refractivity contribution in [1.29, 1.82) is 0 Å². The van der Waals surface area contributed by atoms with Gasteiger partial charge < -0.3 is 0 Å². The van der Waals surface area contributed by atoms with Gasteiger partial charge in [-0.15, -0.1) is 6.58 Å². The summed E-state index contributed by atoms with van der Waals surface area (Å²) in [4.78, 5) is 10.8. The number of nitrogens with one attached hydrogen (secondary N) is 1. The Morgan fingerprint density at radius 1 is 1.40 bits per heavy atom. The Hall–Kier alpha value is -1.05. The molecular formula is C7H10F3NO3S. The van der Waals surface area contributed by atoms with E-state index in [2.05, 4.69) is 6.58 Å². The van der Waals surface area contributed by atoms with Gasteiger partial charge in [0.15, 0.2) is 0 Å². The Bertz CT molecular complexity index is 334. The van der Waals surface area contributed by atoms with Crippen LogP contribution in [-0.2, 0) is 14.8 Å². The molecule has 0 aromatic heterocycles. The highest BCUT2D eigenvalue weighted by Gasteiger charge is 2.46. The smallest absolute Gasteiger partial charge is 0.274 e. The monoisotopic (exact) mass is 245 g/mol. The van der Waals surface area contributed by atoms with Crippen molar-refractivity contribution in [2.45, 2.75) is 24.8 Å². The fraction of sp³-hybridized carbons (Fsp3) is 0.571. The molecule has 0 aromatic rings. The number of carbonyl (C=O) groups excluding carboxylic acids is 1. The molecule has 0 radical (unpaired) electrons. The second kappa shape index (κ2) is 5.15. The Morgan fingerprint density at radius 2 is 1.93 bits per heavy atom. The van der Waals surface area contributed by atoms with Crippen molar-refractivity contribution >= 4 is 15.9 Å². The number of sulfonamides is 1. The van der Waals surface area contributed by atoms with Crippen LogP contribution in [0, 0.1) is 0 Å². The molecule has 0 rings (SSSR count). The number of carbonyl (C=O) groups is 1. The highest BCUT2D eigenvalue weighted by Crippen LogP contribution is 2.21. The van der Waals surface area contributed by atoms with E-state index in [1.807, 2.05) is 0 Å². The first-order chi connectivity index (χ1) is 6.70. The predicted molar refractivity (Wildman–Crippen MR) is 47.2 cm³/mol. The first-order valence-electron chi connectivity index (χ1n) is 3.93. The van der Waals surface area contributed by atoms with Gasteiger partial charge in [0.1, 0.15) is 0 Å². The molecule has 0 aliphatic rings. The average molecular weight is 245 g/mol. The zero-order chi connectivity index (χ0) is 12.1.